The third-order valence-corrected chi connectivity index (χ3v) is 6.28. The van der Waals surface area contributed by atoms with Gasteiger partial charge in [-0.2, -0.15) is 10.1 Å². The predicted octanol–water partition coefficient (Wildman–Crippen LogP) is 5.56. The minimum absolute atomic E-state index is 0.0655. The number of benzene rings is 2. The van der Waals surface area contributed by atoms with Crippen LogP contribution in [0.2, 0.25) is 5.02 Å². The van der Waals surface area contributed by atoms with E-state index in [0.29, 0.717) is 21.5 Å². The summed E-state index contributed by atoms with van der Waals surface area (Å²) in [6.45, 7) is 0. The van der Waals surface area contributed by atoms with Crippen LogP contribution in [0.1, 0.15) is 29.2 Å². The van der Waals surface area contributed by atoms with Crippen LogP contribution in [0.5, 0.6) is 0 Å². The smallest absolute Gasteiger partial charge is 0.266 e. The molecular weight excluding hydrogens is 428 g/mol. The van der Waals surface area contributed by atoms with E-state index in [-0.39, 0.29) is 11.9 Å². The number of aliphatic imine (C=N–C) groups is 1. The van der Waals surface area contributed by atoms with Crippen LogP contribution < -0.4 is 0 Å². The Balaban J connectivity index is 1.48. The van der Waals surface area contributed by atoms with Crippen LogP contribution in [-0.4, -0.2) is 26.8 Å². The van der Waals surface area contributed by atoms with Crippen molar-refractivity contribution in [1.82, 2.24) is 9.99 Å². The van der Waals surface area contributed by atoms with Crippen LogP contribution in [0, 0.1) is 0 Å². The van der Waals surface area contributed by atoms with E-state index in [4.69, 9.17) is 16.7 Å². The number of nitrogens with zero attached hydrogens (tertiary/aromatic N) is 4. The molecule has 3 aromatic rings. The number of carbonyl (C=O) groups is 1. The molecule has 0 N–H and O–H groups in total. The summed E-state index contributed by atoms with van der Waals surface area (Å²) in [6, 6.07) is 21.5. The molecule has 1 amide bonds. The van der Waals surface area contributed by atoms with E-state index in [1.165, 1.54) is 11.8 Å². The lowest BCUT2D eigenvalue weighted by atomic mass is 9.99. The second kappa shape index (κ2) is 8.49. The number of hydrazone groups is 1. The van der Waals surface area contributed by atoms with Crippen LogP contribution in [0.15, 0.2) is 94.1 Å². The first-order valence-electron chi connectivity index (χ1n) is 9.77. The van der Waals surface area contributed by atoms with Gasteiger partial charge in [0.1, 0.15) is 0 Å². The van der Waals surface area contributed by atoms with Crippen molar-refractivity contribution in [3.05, 3.63) is 106 Å². The molecule has 0 radical (unpaired) electrons. The van der Waals surface area contributed by atoms with E-state index in [1.807, 2.05) is 77.8 Å². The molecule has 1 unspecified atom stereocenters. The molecule has 2 aliphatic rings. The summed E-state index contributed by atoms with van der Waals surface area (Å²) < 4.78 is 0. The summed E-state index contributed by atoms with van der Waals surface area (Å²) in [5.74, 6) is -0.262. The Hall–Kier alpha value is -3.22. The molecule has 5 nitrogen and oxygen atoms in total. The molecule has 5 rings (SSSR count). The molecule has 31 heavy (non-hydrogen) atoms. The summed E-state index contributed by atoms with van der Waals surface area (Å²) in [5.41, 5.74) is 3.95. The summed E-state index contributed by atoms with van der Waals surface area (Å²) in [4.78, 5) is 21.6. The van der Waals surface area contributed by atoms with E-state index in [2.05, 4.69) is 9.98 Å². The number of pyridine rings is 1. The molecule has 0 aliphatic carbocycles. The van der Waals surface area contributed by atoms with E-state index in [0.717, 1.165) is 22.4 Å². The number of halogens is 1. The third-order valence-electron chi connectivity index (χ3n) is 5.06. The third kappa shape index (κ3) is 4.17. The molecule has 1 atom stereocenters. The zero-order valence-corrected chi connectivity index (χ0v) is 17.9. The summed E-state index contributed by atoms with van der Waals surface area (Å²) in [5, 5.41) is 7.99. The first-order valence-corrected chi connectivity index (χ1v) is 11.0. The summed E-state index contributed by atoms with van der Waals surface area (Å²) in [7, 11) is 0. The maximum absolute atomic E-state index is 12.6. The van der Waals surface area contributed by atoms with Crippen LogP contribution in [0.25, 0.3) is 6.08 Å². The number of hydrogen-bond donors (Lipinski definition) is 0. The van der Waals surface area contributed by atoms with E-state index >= 15 is 0 Å². The van der Waals surface area contributed by atoms with Crippen molar-refractivity contribution in [3.63, 3.8) is 0 Å². The Labute approximate surface area is 189 Å². The number of thioether (sulfide) groups is 1. The standard InChI is InChI=1S/C24H17ClN4OS/c25-19-10-8-18(9-11-19)21-14-20(17-6-2-1-3-7-17)28-29(21)24-27-23(30)22(31-24)13-16-5-4-12-26-15-16/h1-13,15,21H,14H2/b22-13-. The monoisotopic (exact) mass is 444 g/mol. The number of carbonyl (C=O) groups excluding carboxylic acids is 1. The van der Waals surface area contributed by atoms with Gasteiger partial charge >= 0.3 is 0 Å². The molecule has 0 saturated carbocycles. The largest absolute Gasteiger partial charge is 0.286 e. The second-order valence-corrected chi connectivity index (χ2v) is 8.57. The average Bonchev–Trinajstić information content (AvgIpc) is 3.40. The second-order valence-electron chi connectivity index (χ2n) is 7.13. The van der Waals surface area contributed by atoms with Crippen LogP contribution in [0.4, 0.5) is 0 Å². The SMILES string of the molecule is O=C1N=C(N2N=C(c3ccccc3)CC2c2ccc(Cl)cc2)S/C1=C\c1cccnc1. The number of rotatable bonds is 3. The van der Waals surface area contributed by atoms with Gasteiger partial charge in [-0.1, -0.05) is 60.1 Å². The van der Waals surface area contributed by atoms with Gasteiger partial charge in [0, 0.05) is 23.8 Å². The maximum atomic E-state index is 12.6. The van der Waals surface area contributed by atoms with Crippen LogP contribution in [0.3, 0.4) is 0 Å². The molecule has 0 bridgehead atoms. The molecule has 2 aliphatic heterocycles. The fourth-order valence-electron chi connectivity index (χ4n) is 3.55. The Morgan fingerprint density at radius 3 is 2.58 bits per heavy atom. The lowest BCUT2D eigenvalue weighted by Gasteiger charge is -2.22. The minimum atomic E-state index is -0.262. The van der Waals surface area contributed by atoms with Gasteiger partial charge in [0.25, 0.3) is 5.91 Å². The van der Waals surface area contributed by atoms with E-state index in [9.17, 15) is 4.79 Å². The Morgan fingerprint density at radius 2 is 1.84 bits per heavy atom. The molecule has 152 valence electrons. The van der Waals surface area contributed by atoms with Crippen molar-refractivity contribution in [2.75, 3.05) is 0 Å². The van der Waals surface area contributed by atoms with Crippen LogP contribution in [-0.2, 0) is 4.79 Å². The van der Waals surface area contributed by atoms with Gasteiger partial charge in [-0.3, -0.25) is 9.78 Å². The molecule has 3 heterocycles. The fourth-order valence-corrected chi connectivity index (χ4v) is 4.59. The van der Waals surface area contributed by atoms with Crippen molar-refractivity contribution >= 4 is 46.2 Å². The Morgan fingerprint density at radius 1 is 1.03 bits per heavy atom. The molecule has 7 heteroatoms. The van der Waals surface area contributed by atoms with Crippen molar-refractivity contribution in [3.8, 4) is 0 Å². The van der Waals surface area contributed by atoms with Crippen molar-refractivity contribution in [2.45, 2.75) is 12.5 Å². The fraction of sp³-hybridized carbons (Fsp3) is 0.0833. The molecule has 0 fully saturated rings. The average molecular weight is 445 g/mol. The predicted molar refractivity (Wildman–Crippen MR) is 126 cm³/mol. The number of aromatic nitrogens is 1. The Kier molecular flexibility index (Phi) is 5.40. The summed E-state index contributed by atoms with van der Waals surface area (Å²) in [6.07, 6.45) is 5.94. The molecule has 0 spiro atoms. The quantitative estimate of drug-likeness (QED) is 0.496. The van der Waals surface area contributed by atoms with Gasteiger partial charge in [0.15, 0.2) is 5.17 Å². The molecule has 1 aromatic heterocycles. The number of amidine groups is 1. The lowest BCUT2D eigenvalue weighted by Crippen LogP contribution is -2.23. The van der Waals surface area contributed by atoms with Crippen molar-refractivity contribution in [1.29, 1.82) is 0 Å². The highest BCUT2D eigenvalue weighted by Gasteiger charge is 2.36. The number of amides is 1. The highest BCUT2D eigenvalue weighted by atomic mass is 35.5. The molecule has 2 aromatic carbocycles. The van der Waals surface area contributed by atoms with Gasteiger partial charge in [0.05, 0.1) is 16.7 Å². The maximum Gasteiger partial charge on any atom is 0.286 e. The zero-order chi connectivity index (χ0) is 21.2. The topological polar surface area (TPSA) is 57.9 Å². The zero-order valence-electron chi connectivity index (χ0n) is 16.4. The van der Waals surface area contributed by atoms with Crippen molar-refractivity contribution < 1.29 is 4.79 Å². The number of hydrogen-bond acceptors (Lipinski definition) is 5. The van der Waals surface area contributed by atoms with Crippen LogP contribution >= 0.6 is 23.4 Å². The van der Waals surface area contributed by atoms with Gasteiger partial charge in [-0.15, -0.1) is 0 Å². The first kappa shape index (κ1) is 19.7. The summed E-state index contributed by atoms with van der Waals surface area (Å²) >= 11 is 7.43. The Bertz CT molecular complexity index is 1210. The molecular formula is C24H17ClN4OS. The van der Waals surface area contributed by atoms with E-state index in [1.54, 1.807) is 12.4 Å². The highest BCUT2D eigenvalue weighted by Crippen LogP contribution is 2.39. The van der Waals surface area contributed by atoms with Gasteiger partial charge in [-0.25, -0.2) is 5.01 Å². The van der Waals surface area contributed by atoms with E-state index < -0.39 is 0 Å². The van der Waals surface area contributed by atoms with Gasteiger partial charge in [-0.05, 0) is 52.7 Å². The first-order chi connectivity index (χ1) is 15.2. The van der Waals surface area contributed by atoms with Crippen molar-refractivity contribution in [2.24, 2.45) is 10.1 Å². The lowest BCUT2D eigenvalue weighted by molar-refractivity contribution is -0.113. The minimum Gasteiger partial charge on any atom is -0.266 e. The molecule has 0 saturated heterocycles. The van der Waals surface area contributed by atoms with Gasteiger partial charge < -0.3 is 0 Å². The van der Waals surface area contributed by atoms with Gasteiger partial charge in [0.2, 0.25) is 0 Å². The highest BCUT2D eigenvalue weighted by molar-refractivity contribution is 8.18. The normalized spacial score (nSPS) is 19.6.